The van der Waals surface area contributed by atoms with Crippen molar-refractivity contribution in [1.29, 1.82) is 0 Å². The van der Waals surface area contributed by atoms with E-state index in [2.05, 4.69) is 67.4 Å². The van der Waals surface area contributed by atoms with E-state index in [0.29, 0.717) is 49.0 Å². The van der Waals surface area contributed by atoms with Gasteiger partial charge in [-0.25, -0.2) is 9.78 Å². The molecule has 4 aromatic rings. The minimum Gasteiger partial charge on any atom is -0.388 e. The average Bonchev–Trinajstić information content (AvgIpc) is 3.88. The molecule has 2 aromatic carbocycles. The van der Waals surface area contributed by atoms with Crippen LogP contribution < -0.4 is 26.2 Å². The third-order valence-electron chi connectivity index (χ3n) is 9.95. The number of likely N-dealkylation sites (tertiary alicyclic amines) is 1. The van der Waals surface area contributed by atoms with Crippen LogP contribution in [-0.4, -0.2) is 110 Å². The van der Waals surface area contributed by atoms with E-state index < -0.39 is 24.3 Å². The number of carbonyl (C=O) groups is 2. The van der Waals surface area contributed by atoms with Crippen molar-refractivity contribution < 1.29 is 19.8 Å². The zero-order chi connectivity index (χ0) is 33.4. The van der Waals surface area contributed by atoms with Crippen molar-refractivity contribution in [2.75, 3.05) is 43.4 Å². The number of anilines is 2. The Morgan fingerprint density at radius 1 is 0.938 bits per heavy atom. The number of benzene rings is 2. The summed E-state index contributed by atoms with van der Waals surface area (Å²) in [6, 6.07) is 13.2. The molecular formula is C34H44N10O4. The number of hydrogen-bond donors (Lipinski definition) is 6. The number of fused-ring (bicyclic) bond motifs is 2. The van der Waals surface area contributed by atoms with Gasteiger partial charge >= 0.3 is 6.03 Å². The molecule has 6 N–H and O–H groups in total. The molecule has 48 heavy (non-hydrogen) atoms. The van der Waals surface area contributed by atoms with Gasteiger partial charge in [-0.15, -0.1) is 0 Å². The topological polar surface area (TPSA) is 173 Å². The van der Waals surface area contributed by atoms with Gasteiger partial charge in [-0.2, -0.15) is 9.97 Å². The van der Waals surface area contributed by atoms with Gasteiger partial charge in [0.1, 0.15) is 12.2 Å². The molecule has 7 rings (SSSR count). The summed E-state index contributed by atoms with van der Waals surface area (Å²) in [7, 11) is 2.06. The summed E-state index contributed by atoms with van der Waals surface area (Å²) in [5, 5.41) is 36.8. The summed E-state index contributed by atoms with van der Waals surface area (Å²) in [6.45, 7) is 5.25. The van der Waals surface area contributed by atoms with E-state index in [-0.39, 0.29) is 30.4 Å². The highest BCUT2D eigenvalue weighted by molar-refractivity contribution is 5.87. The van der Waals surface area contributed by atoms with E-state index in [0.717, 1.165) is 42.3 Å². The van der Waals surface area contributed by atoms with Crippen LogP contribution in [-0.2, 0) is 11.3 Å². The number of rotatable bonds is 9. The van der Waals surface area contributed by atoms with Crippen molar-refractivity contribution in [3.8, 4) is 0 Å². The minimum atomic E-state index is -1.13. The number of carbonyl (C=O) groups excluding carboxylic acids is 2. The molecule has 6 atom stereocenters. The van der Waals surface area contributed by atoms with Crippen LogP contribution in [0.5, 0.6) is 0 Å². The van der Waals surface area contributed by atoms with Crippen LogP contribution in [0.25, 0.3) is 21.9 Å². The largest absolute Gasteiger partial charge is 0.388 e. The number of nitrogens with zero attached hydrogens (tertiary/aromatic N) is 6. The standard InChI is InChI=1S/C34H44N10O4/c1-3-27(45)39-25-15-26(30(47)29(25)46)44-19-36-28-31(35-16-21-9-6-8-20-7-4-5-10-24(20)21)40-33(41-32(28)44)43-14-12-23(18-43)38-34(48)37-22-11-13-42(2)17-22/h4-10,19,22-23,25-26,29-30,46-47H,3,11-18H2,1-2H3,(H,39,45)(H,35,40,41)(H2,37,38,48)/t22?,23-,25?,26?,29-,30+/m1/s1. The summed E-state index contributed by atoms with van der Waals surface area (Å²) in [5.41, 5.74) is 2.16. The quantitative estimate of drug-likeness (QED) is 0.156. The Labute approximate surface area is 278 Å². The number of aliphatic hydroxyl groups is 2. The number of imidazole rings is 1. The molecule has 3 unspecified atom stereocenters. The second-order valence-corrected chi connectivity index (χ2v) is 13.3. The SMILES string of the molecule is CCC(=O)NC1CC(n2cnc3c(NCc4cccc5ccccc45)nc(N4CC[C@@H](NC(=O)NC5CCN(C)C5)C4)nc32)[C@H](O)[C@@H]1O. The Kier molecular flexibility index (Phi) is 9.03. The summed E-state index contributed by atoms with van der Waals surface area (Å²) < 4.78 is 1.79. The normalized spacial score (nSPS) is 26.0. The van der Waals surface area contributed by atoms with Crippen LogP contribution >= 0.6 is 0 Å². The molecule has 14 heteroatoms. The molecule has 0 radical (unpaired) electrons. The molecule has 0 bridgehead atoms. The molecule has 254 valence electrons. The van der Waals surface area contributed by atoms with E-state index in [1.54, 1.807) is 17.8 Å². The number of aromatic nitrogens is 4. The third kappa shape index (κ3) is 6.47. The van der Waals surface area contributed by atoms with Gasteiger partial charge in [-0.05, 0) is 49.2 Å². The maximum atomic E-state index is 12.8. The van der Waals surface area contributed by atoms with Crippen molar-refractivity contribution in [1.82, 2.24) is 40.4 Å². The summed E-state index contributed by atoms with van der Waals surface area (Å²) in [5.74, 6) is 0.842. The van der Waals surface area contributed by atoms with Crippen molar-refractivity contribution in [3.05, 3.63) is 54.4 Å². The summed E-state index contributed by atoms with van der Waals surface area (Å²) in [6.07, 6.45) is 1.64. The maximum absolute atomic E-state index is 12.8. The zero-order valence-electron chi connectivity index (χ0n) is 27.3. The highest BCUT2D eigenvalue weighted by atomic mass is 16.3. The lowest BCUT2D eigenvalue weighted by atomic mass is 10.0. The fourth-order valence-electron chi connectivity index (χ4n) is 7.30. The Bertz CT molecular complexity index is 1790. The van der Waals surface area contributed by atoms with E-state index in [1.807, 2.05) is 18.2 Å². The molecule has 3 fully saturated rings. The lowest BCUT2D eigenvalue weighted by Gasteiger charge is -2.21. The third-order valence-corrected chi connectivity index (χ3v) is 9.95. The van der Waals surface area contributed by atoms with E-state index >= 15 is 0 Å². The van der Waals surface area contributed by atoms with Crippen molar-refractivity contribution in [2.24, 2.45) is 0 Å². The Morgan fingerprint density at radius 3 is 2.50 bits per heavy atom. The van der Waals surface area contributed by atoms with E-state index in [9.17, 15) is 19.8 Å². The first kappa shape index (κ1) is 32.0. The van der Waals surface area contributed by atoms with Crippen LogP contribution in [0, 0.1) is 0 Å². The van der Waals surface area contributed by atoms with Gasteiger partial charge < -0.3 is 45.8 Å². The number of aliphatic hydroxyl groups excluding tert-OH is 2. The van der Waals surface area contributed by atoms with Gasteiger partial charge in [0.2, 0.25) is 11.9 Å². The number of urea groups is 1. The molecule has 14 nitrogen and oxygen atoms in total. The maximum Gasteiger partial charge on any atom is 0.315 e. The molecule has 4 heterocycles. The Morgan fingerprint density at radius 2 is 1.71 bits per heavy atom. The predicted molar refractivity (Wildman–Crippen MR) is 183 cm³/mol. The molecule has 1 saturated carbocycles. The zero-order valence-corrected chi connectivity index (χ0v) is 27.3. The predicted octanol–water partition coefficient (Wildman–Crippen LogP) is 1.74. The van der Waals surface area contributed by atoms with Crippen LogP contribution in [0.15, 0.2) is 48.8 Å². The monoisotopic (exact) mass is 656 g/mol. The second-order valence-electron chi connectivity index (χ2n) is 13.3. The first-order valence-electron chi connectivity index (χ1n) is 16.9. The van der Waals surface area contributed by atoms with Gasteiger partial charge in [0, 0.05) is 44.7 Å². The van der Waals surface area contributed by atoms with Crippen LogP contribution in [0.2, 0.25) is 0 Å². The summed E-state index contributed by atoms with van der Waals surface area (Å²) in [4.78, 5) is 43.8. The van der Waals surface area contributed by atoms with Gasteiger partial charge in [-0.3, -0.25) is 4.79 Å². The van der Waals surface area contributed by atoms with E-state index in [1.165, 1.54) is 0 Å². The first-order valence-corrected chi connectivity index (χ1v) is 16.9. The Balaban J connectivity index is 1.16. The van der Waals surface area contributed by atoms with Crippen LogP contribution in [0.1, 0.15) is 44.2 Å². The minimum absolute atomic E-state index is 0.0739. The molecule has 2 aliphatic heterocycles. The highest BCUT2D eigenvalue weighted by Crippen LogP contribution is 2.35. The van der Waals surface area contributed by atoms with Crippen molar-refractivity contribution >= 4 is 45.6 Å². The van der Waals surface area contributed by atoms with Crippen molar-refractivity contribution in [2.45, 2.75) is 75.5 Å². The van der Waals surface area contributed by atoms with Crippen LogP contribution in [0.3, 0.4) is 0 Å². The van der Waals surface area contributed by atoms with Gasteiger partial charge in [0.25, 0.3) is 0 Å². The molecule has 0 spiro atoms. The number of likely N-dealkylation sites (N-methyl/N-ethyl adjacent to an activating group) is 1. The molecular weight excluding hydrogens is 612 g/mol. The molecule has 2 saturated heterocycles. The van der Waals surface area contributed by atoms with E-state index in [4.69, 9.17) is 9.97 Å². The van der Waals surface area contributed by atoms with Gasteiger partial charge in [0.05, 0.1) is 18.4 Å². The van der Waals surface area contributed by atoms with Gasteiger partial charge in [-0.1, -0.05) is 49.4 Å². The van der Waals surface area contributed by atoms with Crippen molar-refractivity contribution in [3.63, 3.8) is 0 Å². The molecule has 1 aliphatic carbocycles. The Hall–Kier alpha value is -4.53. The fourth-order valence-corrected chi connectivity index (χ4v) is 7.30. The van der Waals surface area contributed by atoms with Gasteiger partial charge in [0.15, 0.2) is 17.0 Å². The lowest BCUT2D eigenvalue weighted by molar-refractivity contribution is -0.122. The fraction of sp³-hybridized carbons (Fsp3) is 0.500. The van der Waals surface area contributed by atoms with Crippen LogP contribution in [0.4, 0.5) is 16.6 Å². The molecule has 2 aromatic heterocycles. The highest BCUT2D eigenvalue weighted by Gasteiger charge is 2.44. The lowest BCUT2D eigenvalue weighted by Crippen LogP contribution is -2.47. The molecule has 3 amide bonds. The smallest absolute Gasteiger partial charge is 0.315 e. The number of amides is 3. The average molecular weight is 657 g/mol. The molecule has 3 aliphatic rings. The number of nitrogens with one attached hydrogen (secondary N) is 4. The first-order chi connectivity index (χ1) is 23.3. The second kappa shape index (κ2) is 13.5. The number of hydrogen-bond acceptors (Lipinski definition) is 10. The summed E-state index contributed by atoms with van der Waals surface area (Å²) >= 11 is 0.